The first-order valence-corrected chi connectivity index (χ1v) is 13.7. The first kappa shape index (κ1) is 31.0. The Morgan fingerprint density at radius 2 is 1.85 bits per heavy atom. The minimum atomic E-state index is -4.29. The highest BCUT2D eigenvalue weighted by atomic mass is 35.5. The van der Waals surface area contributed by atoms with Gasteiger partial charge in [-0.15, -0.1) is 0 Å². The predicted octanol–water partition coefficient (Wildman–Crippen LogP) is 7.10. The number of amides is 1. The van der Waals surface area contributed by atoms with Gasteiger partial charge in [0.1, 0.15) is 17.2 Å². The largest absolute Gasteiger partial charge is 0.471 e. The topological polar surface area (TPSA) is 92.7 Å². The summed E-state index contributed by atoms with van der Waals surface area (Å²) in [6.07, 6.45) is -6.21. The van der Waals surface area contributed by atoms with E-state index in [1.165, 1.54) is 13.0 Å². The number of benzene rings is 1. The fourth-order valence-electron chi connectivity index (χ4n) is 4.78. The smallest absolute Gasteiger partial charge is 0.391 e. The van der Waals surface area contributed by atoms with Crippen LogP contribution in [0.25, 0.3) is 0 Å². The van der Waals surface area contributed by atoms with Gasteiger partial charge >= 0.3 is 6.18 Å². The summed E-state index contributed by atoms with van der Waals surface area (Å²) in [4.78, 5) is 33.1. The Bertz CT molecular complexity index is 1350. The fraction of sp³-hybridized carbons (Fsp3) is 0.481. The van der Waals surface area contributed by atoms with Crippen molar-refractivity contribution in [2.75, 3.05) is 11.9 Å². The molecular formula is C27H27Cl2F5N4O3. The summed E-state index contributed by atoms with van der Waals surface area (Å²) < 4.78 is 70.0. The van der Waals surface area contributed by atoms with E-state index in [1.54, 1.807) is 12.1 Å². The first-order valence-electron chi connectivity index (χ1n) is 12.9. The molecule has 0 spiro atoms. The molecule has 41 heavy (non-hydrogen) atoms. The minimum absolute atomic E-state index is 0.00547. The number of anilines is 1. The number of halogens is 7. The molecule has 1 aliphatic heterocycles. The Morgan fingerprint density at radius 3 is 2.49 bits per heavy atom. The summed E-state index contributed by atoms with van der Waals surface area (Å²) in [5, 5.41) is 6.37. The number of aryl methyl sites for hydroxylation is 1. The van der Waals surface area contributed by atoms with E-state index in [4.69, 9.17) is 27.9 Å². The van der Waals surface area contributed by atoms with Crippen molar-refractivity contribution < 1.29 is 36.3 Å². The number of Topliss-reactive ketones (excluding diaryl/α,β-unsaturated/α-hetero) is 1. The summed E-state index contributed by atoms with van der Waals surface area (Å²) in [7, 11) is 0. The Hall–Kier alpha value is -2.99. The maximum atomic E-state index is 13.1. The van der Waals surface area contributed by atoms with Gasteiger partial charge in [0.15, 0.2) is 12.4 Å². The number of aromatic nitrogens is 1. The minimum Gasteiger partial charge on any atom is -0.471 e. The van der Waals surface area contributed by atoms with Crippen LogP contribution in [0.3, 0.4) is 0 Å². The molecule has 222 valence electrons. The molecular weight excluding hydrogens is 594 g/mol. The van der Waals surface area contributed by atoms with E-state index in [-0.39, 0.29) is 55.1 Å². The van der Waals surface area contributed by atoms with E-state index in [0.29, 0.717) is 45.5 Å². The molecule has 2 N–H and O–H groups in total. The van der Waals surface area contributed by atoms with Gasteiger partial charge in [-0.25, -0.2) is 13.8 Å². The number of amidine groups is 1. The van der Waals surface area contributed by atoms with Gasteiger partial charge < -0.3 is 20.2 Å². The van der Waals surface area contributed by atoms with Gasteiger partial charge in [0.05, 0.1) is 21.7 Å². The number of ether oxygens (including phenoxy) is 1. The second-order valence-corrected chi connectivity index (χ2v) is 10.8. The second-order valence-electron chi connectivity index (χ2n) is 10.0. The standard InChI is InChI=1S/C27H27Cl2F5N4O3/c1-13(39)2-3-14-4-9-19(28)23(22(14)29)36-21-11-15-10-18(26(38-24(15)37-21)41-12-20(30)31)25(40)35-17-7-5-16(6-8-17)27(32,33)34/h4,9-10,16-17,20H,2-3,5-8,11-12H2,1H3,(H,35,40)(H,36,37,38). The average molecular weight is 621 g/mol. The van der Waals surface area contributed by atoms with Crippen molar-refractivity contribution >= 4 is 52.2 Å². The molecule has 1 fully saturated rings. The molecule has 1 aromatic carbocycles. The third kappa shape index (κ3) is 7.85. The van der Waals surface area contributed by atoms with E-state index >= 15 is 0 Å². The van der Waals surface area contributed by atoms with Gasteiger partial charge in [0, 0.05) is 24.4 Å². The van der Waals surface area contributed by atoms with Crippen molar-refractivity contribution in [2.24, 2.45) is 10.9 Å². The molecule has 0 atom stereocenters. The van der Waals surface area contributed by atoms with Gasteiger partial charge in [0.25, 0.3) is 12.3 Å². The van der Waals surface area contributed by atoms with Crippen LogP contribution in [0.15, 0.2) is 23.2 Å². The highest BCUT2D eigenvalue weighted by molar-refractivity contribution is 6.40. The van der Waals surface area contributed by atoms with Crippen LogP contribution >= 0.6 is 23.2 Å². The van der Waals surface area contributed by atoms with E-state index in [9.17, 15) is 31.5 Å². The van der Waals surface area contributed by atoms with Gasteiger partial charge in [-0.3, -0.25) is 4.79 Å². The number of nitrogens with zero attached hydrogens (tertiary/aromatic N) is 2. The lowest BCUT2D eigenvalue weighted by Crippen LogP contribution is -2.40. The number of carbonyl (C=O) groups excluding carboxylic acids is 2. The van der Waals surface area contributed by atoms with E-state index in [0.717, 1.165) is 0 Å². The van der Waals surface area contributed by atoms with Gasteiger partial charge in [-0.05, 0) is 56.7 Å². The van der Waals surface area contributed by atoms with Crippen molar-refractivity contribution in [1.29, 1.82) is 0 Å². The third-order valence-electron chi connectivity index (χ3n) is 6.95. The zero-order chi connectivity index (χ0) is 29.9. The van der Waals surface area contributed by atoms with Crippen molar-refractivity contribution in [1.82, 2.24) is 10.3 Å². The summed E-state index contributed by atoms with van der Waals surface area (Å²) in [5.41, 5.74) is 1.43. The quantitative estimate of drug-likeness (QED) is 0.292. The molecule has 1 aliphatic carbocycles. The van der Waals surface area contributed by atoms with E-state index in [2.05, 4.69) is 20.6 Å². The maximum absolute atomic E-state index is 13.1. The van der Waals surface area contributed by atoms with Crippen molar-refractivity contribution in [3.8, 4) is 5.88 Å². The van der Waals surface area contributed by atoms with Crippen LogP contribution in [0, 0.1) is 5.92 Å². The van der Waals surface area contributed by atoms with Crippen LogP contribution < -0.4 is 15.4 Å². The van der Waals surface area contributed by atoms with Crippen LogP contribution in [0.2, 0.25) is 10.0 Å². The summed E-state index contributed by atoms with van der Waals surface area (Å²) in [5.74, 6) is -1.96. The Morgan fingerprint density at radius 1 is 1.15 bits per heavy atom. The molecule has 2 aromatic rings. The monoisotopic (exact) mass is 620 g/mol. The number of nitrogens with one attached hydrogen (secondary N) is 2. The lowest BCUT2D eigenvalue weighted by molar-refractivity contribution is -0.182. The molecule has 1 saturated carbocycles. The second kappa shape index (κ2) is 12.9. The number of aliphatic imine (C=N–C) groups is 1. The van der Waals surface area contributed by atoms with Gasteiger partial charge in [-0.1, -0.05) is 29.3 Å². The summed E-state index contributed by atoms with van der Waals surface area (Å²) >= 11 is 12.9. The molecule has 0 saturated heterocycles. The highest BCUT2D eigenvalue weighted by Gasteiger charge is 2.41. The Balaban J connectivity index is 1.52. The SMILES string of the molecule is CC(=O)CCc1ccc(Cl)c(NC2=Nc3nc(OCC(F)F)c(C(=O)NC4CCC(C(F)(F)F)CC4)cc3C2)c1Cl. The number of pyridine rings is 1. The number of ketones is 1. The maximum Gasteiger partial charge on any atom is 0.391 e. The number of rotatable bonds is 9. The molecule has 0 unspecified atom stereocenters. The number of fused-ring (bicyclic) bond motifs is 1. The van der Waals surface area contributed by atoms with Crippen LogP contribution in [0.4, 0.5) is 33.5 Å². The Kier molecular flexibility index (Phi) is 9.73. The zero-order valence-electron chi connectivity index (χ0n) is 21.9. The number of hydrogen-bond donors (Lipinski definition) is 2. The Labute approximate surface area is 242 Å². The third-order valence-corrected chi connectivity index (χ3v) is 7.69. The van der Waals surface area contributed by atoms with Crippen LogP contribution in [-0.4, -0.2) is 47.8 Å². The lowest BCUT2D eigenvalue weighted by Gasteiger charge is -2.30. The van der Waals surface area contributed by atoms with Crippen LogP contribution in [0.1, 0.15) is 60.5 Å². The molecule has 0 radical (unpaired) electrons. The predicted molar refractivity (Wildman–Crippen MR) is 145 cm³/mol. The zero-order valence-corrected chi connectivity index (χ0v) is 23.4. The van der Waals surface area contributed by atoms with Crippen LogP contribution in [-0.2, 0) is 17.6 Å². The van der Waals surface area contributed by atoms with Crippen molar-refractivity contribution in [3.05, 3.63) is 44.9 Å². The fourth-order valence-corrected chi connectivity index (χ4v) is 5.34. The first-order chi connectivity index (χ1) is 19.3. The van der Waals surface area contributed by atoms with Gasteiger partial charge in [0.2, 0.25) is 5.88 Å². The number of carbonyl (C=O) groups is 2. The molecule has 4 rings (SSSR count). The number of hydrogen-bond acceptors (Lipinski definition) is 6. The molecule has 2 aliphatic rings. The lowest BCUT2D eigenvalue weighted by atomic mass is 9.85. The molecule has 0 bridgehead atoms. The molecule has 2 heterocycles. The van der Waals surface area contributed by atoms with Crippen molar-refractivity contribution in [2.45, 2.75) is 70.5 Å². The summed E-state index contributed by atoms with van der Waals surface area (Å²) in [6, 6.07) is 4.27. The average Bonchev–Trinajstić information content (AvgIpc) is 3.29. The van der Waals surface area contributed by atoms with E-state index in [1.807, 2.05) is 0 Å². The van der Waals surface area contributed by atoms with E-state index < -0.39 is 37.1 Å². The normalized spacial score (nSPS) is 18.6. The number of alkyl halides is 5. The highest BCUT2D eigenvalue weighted by Crippen LogP contribution is 2.39. The van der Waals surface area contributed by atoms with Crippen LogP contribution in [0.5, 0.6) is 5.88 Å². The molecule has 1 amide bonds. The summed E-state index contributed by atoms with van der Waals surface area (Å²) in [6.45, 7) is 0.461. The van der Waals surface area contributed by atoms with Gasteiger partial charge in [-0.2, -0.15) is 18.2 Å². The molecule has 7 nitrogen and oxygen atoms in total. The van der Waals surface area contributed by atoms with Crippen molar-refractivity contribution in [3.63, 3.8) is 0 Å². The molecule has 14 heteroatoms. The molecule has 1 aromatic heterocycles.